The zero-order valence-corrected chi connectivity index (χ0v) is 10.6. The molecule has 17 heavy (non-hydrogen) atoms. The zero-order chi connectivity index (χ0) is 12.8. The first kappa shape index (κ1) is 13.4. The highest BCUT2D eigenvalue weighted by atomic mass is 16.1. The average Bonchev–Trinajstić information content (AvgIpc) is 2.25. The zero-order valence-electron chi connectivity index (χ0n) is 10.6. The predicted octanol–water partition coefficient (Wildman–Crippen LogP) is 3.27. The fourth-order valence-corrected chi connectivity index (χ4v) is 1.58. The molecule has 0 spiro atoms. The van der Waals surface area contributed by atoms with Gasteiger partial charge in [0.05, 0.1) is 5.57 Å². The third kappa shape index (κ3) is 4.35. The summed E-state index contributed by atoms with van der Waals surface area (Å²) in [6.07, 6.45) is 2.09. The van der Waals surface area contributed by atoms with Gasteiger partial charge in [-0.2, -0.15) is 0 Å². The van der Waals surface area contributed by atoms with Crippen molar-refractivity contribution in [3.8, 4) is 0 Å². The van der Waals surface area contributed by atoms with Crippen LogP contribution >= 0.6 is 0 Å². The van der Waals surface area contributed by atoms with Gasteiger partial charge in [0.2, 0.25) is 0 Å². The summed E-state index contributed by atoms with van der Waals surface area (Å²) in [6.45, 7) is 5.38. The van der Waals surface area contributed by atoms with Gasteiger partial charge in [0.25, 0.3) is 0 Å². The molecule has 2 nitrogen and oxygen atoms in total. The lowest BCUT2D eigenvalue weighted by atomic mass is 9.97. The summed E-state index contributed by atoms with van der Waals surface area (Å²) in [5, 5.41) is 0. The minimum atomic E-state index is -0.167. The molecule has 0 aromatic heterocycles. The minimum Gasteiger partial charge on any atom is -0.294 e. The summed E-state index contributed by atoms with van der Waals surface area (Å²) in [4.78, 5) is 23.4. The maximum absolute atomic E-state index is 11.9. The van der Waals surface area contributed by atoms with E-state index in [4.69, 9.17) is 0 Å². The van der Waals surface area contributed by atoms with Gasteiger partial charge in [-0.1, -0.05) is 44.2 Å². The number of rotatable bonds is 5. The van der Waals surface area contributed by atoms with E-state index in [0.29, 0.717) is 12.0 Å². The number of carbonyl (C=O) groups is 2. The molecule has 0 unspecified atom stereocenters. The van der Waals surface area contributed by atoms with Crippen LogP contribution in [0.2, 0.25) is 0 Å². The van der Waals surface area contributed by atoms with Crippen molar-refractivity contribution in [2.24, 2.45) is 5.92 Å². The predicted molar refractivity (Wildman–Crippen MR) is 69.6 cm³/mol. The summed E-state index contributed by atoms with van der Waals surface area (Å²) < 4.78 is 0. The third-order valence-corrected chi connectivity index (χ3v) is 2.38. The molecule has 0 bridgehead atoms. The van der Waals surface area contributed by atoms with E-state index in [1.165, 1.54) is 6.92 Å². The maximum atomic E-state index is 11.9. The van der Waals surface area contributed by atoms with Crippen molar-refractivity contribution in [2.75, 3.05) is 0 Å². The van der Waals surface area contributed by atoms with Crippen LogP contribution in [0.5, 0.6) is 0 Å². The molecule has 90 valence electrons. The van der Waals surface area contributed by atoms with Crippen molar-refractivity contribution in [3.05, 3.63) is 41.5 Å². The molecular formula is C15H18O2. The van der Waals surface area contributed by atoms with Crippen LogP contribution in [0, 0.1) is 5.92 Å². The quantitative estimate of drug-likeness (QED) is 0.442. The maximum Gasteiger partial charge on any atom is 0.166 e. The lowest BCUT2D eigenvalue weighted by molar-refractivity contribution is -0.120. The smallest absolute Gasteiger partial charge is 0.166 e. The van der Waals surface area contributed by atoms with E-state index < -0.39 is 0 Å². The number of hydrogen-bond donors (Lipinski definition) is 0. The Hall–Kier alpha value is -1.70. The molecule has 0 N–H and O–H groups in total. The molecule has 0 radical (unpaired) electrons. The van der Waals surface area contributed by atoms with Crippen LogP contribution < -0.4 is 0 Å². The number of hydrogen-bond acceptors (Lipinski definition) is 2. The van der Waals surface area contributed by atoms with E-state index in [2.05, 4.69) is 0 Å². The molecule has 1 aromatic carbocycles. The summed E-state index contributed by atoms with van der Waals surface area (Å²) >= 11 is 0. The Bertz CT molecular complexity index is 427. The molecule has 0 saturated carbocycles. The highest BCUT2D eigenvalue weighted by Gasteiger charge is 2.15. The van der Waals surface area contributed by atoms with E-state index in [0.717, 1.165) is 5.56 Å². The van der Waals surface area contributed by atoms with Crippen molar-refractivity contribution in [2.45, 2.75) is 27.2 Å². The third-order valence-electron chi connectivity index (χ3n) is 2.38. The Labute approximate surface area is 102 Å². The molecule has 0 aliphatic carbocycles. The van der Waals surface area contributed by atoms with Crippen LogP contribution in [0.4, 0.5) is 0 Å². The fourth-order valence-electron chi connectivity index (χ4n) is 1.58. The number of carbonyl (C=O) groups excluding carboxylic acids is 2. The first-order valence-electron chi connectivity index (χ1n) is 5.81. The number of Topliss-reactive ketones (excluding diaryl/α,β-unsaturated/α-hetero) is 2. The van der Waals surface area contributed by atoms with Crippen molar-refractivity contribution in [3.63, 3.8) is 0 Å². The molecule has 1 rings (SSSR count). The van der Waals surface area contributed by atoms with Gasteiger partial charge in [0.15, 0.2) is 11.6 Å². The van der Waals surface area contributed by atoms with E-state index in [1.54, 1.807) is 6.08 Å². The van der Waals surface area contributed by atoms with E-state index in [9.17, 15) is 9.59 Å². The molecular weight excluding hydrogens is 212 g/mol. The van der Waals surface area contributed by atoms with Gasteiger partial charge in [0.1, 0.15) is 0 Å². The largest absolute Gasteiger partial charge is 0.294 e. The molecule has 0 aliphatic heterocycles. The highest BCUT2D eigenvalue weighted by molar-refractivity contribution is 6.22. The Morgan fingerprint density at radius 3 is 2.24 bits per heavy atom. The standard InChI is InChI=1S/C15H18O2/c1-11(2)9-15(17)14(12(3)16)10-13-7-5-4-6-8-13/h4-8,10-11H,9H2,1-3H3/b14-10-. The monoisotopic (exact) mass is 230 g/mol. The SMILES string of the molecule is CC(=O)/C(=C/c1ccccc1)C(=O)CC(C)C. The molecule has 0 atom stereocenters. The molecule has 0 amide bonds. The summed E-state index contributed by atoms with van der Waals surface area (Å²) in [6, 6.07) is 9.44. The topological polar surface area (TPSA) is 34.1 Å². The molecule has 0 fully saturated rings. The van der Waals surface area contributed by atoms with Gasteiger partial charge in [-0.05, 0) is 24.5 Å². The van der Waals surface area contributed by atoms with E-state index >= 15 is 0 Å². The first-order valence-corrected chi connectivity index (χ1v) is 5.81. The minimum absolute atomic E-state index is 0.0728. The normalized spacial score (nSPS) is 11.6. The lowest BCUT2D eigenvalue weighted by Crippen LogP contribution is -2.12. The lowest BCUT2D eigenvalue weighted by Gasteiger charge is -2.05. The second kappa shape index (κ2) is 6.14. The molecule has 1 aromatic rings. The highest BCUT2D eigenvalue weighted by Crippen LogP contribution is 2.13. The Morgan fingerprint density at radius 1 is 1.18 bits per heavy atom. The Kier molecular flexibility index (Phi) is 4.83. The fraction of sp³-hybridized carbons (Fsp3) is 0.333. The van der Waals surface area contributed by atoms with E-state index in [-0.39, 0.29) is 17.5 Å². The van der Waals surface area contributed by atoms with Gasteiger partial charge in [-0.15, -0.1) is 0 Å². The van der Waals surface area contributed by atoms with Gasteiger partial charge in [-0.25, -0.2) is 0 Å². The van der Waals surface area contributed by atoms with Crippen molar-refractivity contribution in [1.29, 1.82) is 0 Å². The van der Waals surface area contributed by atoms with Gasteiger partial charge >= 0.3 is 0 Å². The van der Waals surface area contributed by atoms with Crippen LogP contribution in [-0.2, 0) is 9.59 Å². The number of allylic oxidation sites excluding steroid dienone is 1. The van der Waals surface area contributed by atoms with Gasteiger partial charge in [0, 0.05) is 6.42 Å². The van der Waals surface area contributed by atoms with Crippen LogP contribution in [0.15, 0.2) is 35.9 Å². The van der Waals surface area contributed by atoms with Crippen LogP contribution in [0.25, 0.3) is 6.08 Å². The first-order chi connectivity index (χ1) is 8.00. The Morgan fingerprint density at radius 2 is 1.76 bits per heavy atom. The molecule has 0 heterocycles. The van der Waals surface area contributed by atoms with E-state index in [1.807, 2.05) is 44.2 Å². The Balaban J connectivity index is 2.98. The van der Waals surface area contributed by atoms with Gasteiger partial charge < -0.3 is 0 Å². The van der Waals surface area contributed by atoms with Crippen molar-refractivity contribution in [1.82, 2.24) is 0 Å². The molecule has 0 aliphatic rings. The van der Waals surface area contributed by atoms with Crippen molar-refractivity contribution >= 4 is 17.6 Å². The van der Waals surface area contributed by atoms with Gasteiger partial charge in [-0.3, -0.25) is 9.59 Å². The van der Waals surface area contributed by atoms with Crippen LogP contribution in [0.3, 0.4) is 0 Å². The second-order valence-corrected chi connectivity index (χ2v) is 4.55. The summed E-state index contributed by atoms with van der Waals surface area (Å²) in [7, 11) is 0. The van der Waals surface area contributed by atoms with Crippen LogP contribution in [-0.4, -0.2) is 11.6 Å². The van der Waals surface area contributed by atoms with Crippen molar-refractivity contribution < 1.29 is 9.59 Å². The summed E-state index contributed by atoms with van der Waals surface area (Å²) in [5.74, 6) is 0.0249. The second-order valence-electron chi connectivity index (χ2n) is 4.55. The average molecular weight is 230 g/mol. The number of benzene rings is 1. The van der Waals surface area contributed by atoms with Crippen LogP contribution in [0.1, 0.15) is 32.8 Å². The summed E-state index contributed by atoms with van der Waals surface area (Å²) in [5.41, 5.74) is 1.18. The molecule has 0 saturated heterocycles. The molecule has 2 heteroatoms. The number of ketones is 2.